The number of amides is 2. The van der Waals surface area contributed by atoms with Gasteiger partial charge in [-0.2, -0.15) is 5.10 Å². The molecule has 0 bridgehead atoms. The molecule has 0 aromatic carbocycles. The molecule has 7 nitrogen and oxygen atoms in total. The van der Waals surface area contributed by atoms with Crippen molar-refractivity contribution in [3.63, 3.8) is 0 Å². The molecule has 2 aromatic rings. The summed E-state index contributed by atoms with van der Waals surface area (Å²) in [6.07, 6.45) is 4.32. The lowest BCUT2D eigenvalue weighted by Crippen LogP contribution is -2.42. The summed E-state index contributed by atoms with van der Waals surface area (Å²) in [5, 5.41) is 7.57. The summed E-state index contributed by atoms with van der Waals surface area (Å²) >= 11 is 0. The van der Waals surface area contributed by atoms with Gasteiger partial charge in [0.25, 0.3) is 0 Å². The Bertz CT molecular complexity index is 714. The fraction of sp³-hybridized carbons (Fsp3) is 0.526. The van der Waals surface area contributed by atoms with Crippen LogP contribution in [0.2, 0.25) is 0 Å². The minimum atomic E-state index is -0.111. The van der Waals surface area contributed by atoms with E-state index in [0.29, 0.717) is 19.7 Å². The number of nitrogens with one attached hydrogen (secondary N) is 1. The van der Waals surface area contributed by atoms with Gasteiger partial charge in [-0.25, -0.2) is 4.79 Å². The molecule has 1 atom stereocenters. The van der Waals surface area contributed by atoms with E-state index in [-0.39, 0.29) is 12.1 Å². The van der Waals surface area contributed by atoms with Crippen LogP contribution in [0.4, 0.5) is 4.79 Å². The lowest BCUT2D eigenvalue weighted by atomic mass is 10.1. The normalized spacial score (nSPS) is 12.0. The van der Waals surface area contributed by atoms with Crippen molar-refractivity contribution in [3.8, 4) is 0 Å². The van der Waals surface area contributed by atoms with Crippen LogP contribution in [-0.4, -0.2) is 46.0 Å². The number of urea groups is 1. The topological polar surface area (TPSA) is 72.3 Å². The predicted molar refractivity (Wildman–Crippen MR) is 101 cm³/mol. The Morgan fingerprint density at radius 2 is 2.19 bits per heavy atom. The van der Waals surface area contributed by atoms with Gasteiger partial charge in [0, 0.05) is 44.4 Å². The van der Waals surface area contributed by atoms with Crippen molar-refractivity contribution in [3.05, 3.63) is 47.0 Å². The van der Waals surface area contributed by atoms with Crippen LogP contribution in [0.5, 0.6) is 0 Å². The SMILES string of the molecule is CCC(NC(=O)N(CCOC)Cc1c(C)nn(C)c1C)c1cccnc1. The number of aromatic nitrogens is 3. The number of rotatable bonds is 8. The Balaban J connectivity index is 2.15. The van der Waals surface area contributed by atoms with E-state index in [0.717, 1.165) is 28.9 Å². The van der Waals surface area contributed by atoms with E-state index < -0.39 is 0 Å². The number of ether oxygens (including phenoxy) is 1. The first-order valence-corrected chi connectivity index (χ1v) is 8.91. The average molecular weight is 359 g/mol. The molecule has 26 heavy (non-hydrogen) atoms. The van der Waals surface area contributed by atoms with Crippen LogP contribution in [0.15, 0.2) is 24.5 Å². The summed E-state index contributed by atoms with van der Waals surface area (Å²) in [4.78, 5) is 18.9. The van der Waals surface area contributed by atoms with E-state index in [2.05, 4.69) is 15.4 Å². The molecule has 2 aromatic heterocycles. The fourth-order valence-electron chi connectivity index (χ4n) is 2.93. The number of hydrogen-bond acceptors (Lipinski definition) is 4. The van der Waals surface area contributed by atoms with Crippen molar-refractivity contribution in [1.82, 2.24) is 25.0 Å². The van der Waals surface area contributed by atoms with Crippen LogP contribution in [0.3, 0.4) is 0 Å². The highest BCUT2D eigenvalue weighted by atomic mass is 16.5. The molecule has 0 saturated heterocycles. The standard InChI is InChI=1S/C19H29N5O2/c1-6-18(16-8-7-9-20-12-16)21-19(25)24(10-11-26-5)13-17-14(2)22-23(4)15(17)3/h7-9,12,18H,6,10-11,13H2,1-5H3,(H,21,25). The lowest BCUT2D eigenvalue weighted by Gasteiger charge is -2.26. The fourth-order valence-corrected chi connectivity index (χ4v) is 2.93. The van der Waals surface area contributed by atoms with Crippen molar-refractivity contribution in [2.75, 3.05) is 20.3 Å². The first-order chi connectivity index (χ1) is 12.5. The Morgan fingerprint density at radius 1 is 1.42 bits per heavy atom. The van der Waals surface area contributed by atoms with E-state index in [9.17, 15) is 4.79 Å². The number of hydrogen-bond donors (Lipinski definition) is 1. The molecule has 0 aliphatic carbocycles. The van der Waals surface area contributed by atoms with Gasteiger partial charge in [-0.05, 0) is 31.9 Å². The van der Waals surface area contributed by atoms with Gasteiger partial charge in [-0.15, -0.1) is 0 Å². The predicted octanol–water partition coefficient (Wildman–Crippen LogP) is 2.74. The molecule has 2 heterocycles. The second kappa shape index (κ2) is 9.33. The third-order valence-electron chi connectivity index (χ3n) is 4.65. The second-order valence-corrected chi connectivity index (χ2v) is 6.38. The molecular weight excluding hydrogens is 330 g/mol. The molecule has 1 unspecified atom stereocenters. The van der Waals surface area contributed by atoms with Gasteiger partial charge in [-0.3, -0.25) is 9.67 Å². The summed E-state index contributed by atoms with van der Waals surface area (Å²) in [6, 6.07) is 3.68. The van der Waals surface area contributed by atoms with E-state index >= 15 is 0 Å². The third kappa shape index (κ3) is 4.82. The molecule has 1 N–H and O–H groups in total. The van der Waals surface area contributed by atoms with Gasteiger partial charge in [0.05, 0.1) is 24.9 Å². The molecule has 0 spiro atoms. The number of nitrogens with zero attached hydrogens (tertiary/aromatic N) is 4. The first kappa shape index (κ1) is 19.9. The Hall–Kier alpha value is -2.41. The smallest absolute Gasteiger partial charge is 0.318 e. The minimum Gasteiger partial charge on any atom is -0.383 e. The monoisotopic (exact) mass is 359 g/mol. The zero-order chi connectivity index (χ0) is 19.1. The molecule has 0 aliphatic rings. The van der Waals surface area contributed by atoms with Gasteiger partial charge in [0.2, 0.25) is 0 Å². The summed E-state index contributed by atoms with van der Waals surface area (Å²) in [7, 11) is 3.56. The number of methoxy groups -OCH3 is 1. The molecule has 0 saturated carbocycles. The van der Waals surface area contributed by atoms with Crippen molar-refractivity contribution < 1.29 is 9.53 Å². The molecule has 7 heteroatoms. The van der Waals surface area contributed by atoms with Crippen molar-refractivity contribution >= 4 is 6.03 Å². The van der Waals surface area contributed by atoms with E-state index in [1.165, 1.54) is 0 Å². The highest BCUT2D eigenvalue weighted by Gasteiger charge is 2.21. The number of carbonyl (C=O) groups excluding carboxylic acids is 1. The van der Waals surface area contributed by atoms with E-state index in [1.54, 1.807) is 24.4 Å². The molecule has 2 amide bonds. The first-order valence-electron chi connectivity index (χ1n) is 8.91. The van der Waals surface area contributed by atoms with Crippen LogP contribution in [0.25, 0.3) is 0 Å². The van der Waals surface area contributed by atoms with Gasteiger partial charge in [-0.1, -0.05) is 13.0 Å². The lowest BCUT2D eigenvalue weighted by molar-refractivity contribution is 0.144. The highest BCUT2D eigenvalue weighted by Crippen LogP contribution is 2.18. The Kier molecular flexibility index (Phi) is 7.15. The summed E-state index contributed by atoms with van der Waals surface area (Å²) in [5.74, 6) is 0. The average Bonchev–Trinajstić information content (AvgIpc) is 2.89. The van der Waals surface area contributed by atoms with Crippen LogP contribution >= 0.6 is 0 Å². The maximum absolute atomic E-state index is 12.9. The van der Waals surface area contributed by atoms with Crippen LogP contribution in [0, 0.1) is 13.8 Å². The van der Waals surface area contributed by atoms with Crippen LogP contribution in [0.1, 0.15) is 41.9 Å². The van der Waals surface area contributed by atoms with Crippen molar-refractivity contribution in [1.29, 1.82) is 0 Å². The van der Waals surface area contributed by atoms with Gasteiger partial charge >= 0.3 is 6.03 Å². The highest BCUT2D eigenvalue weighted by molar-refractivity contribution is 5.74. The minimum absolute atomic E-state index is 0.0719. The maximum Gasteiger partial charge on any atom is 0.318 e. The molecule has 2 rings (SSSR count). The molecule has 0 aliphatic heterocycles. The van der Waals surface area contributed by atoms with E-state index in [1.807, 2.05) is 44.6 Å². The zero-order valence-corrected chi connectivity index (χ0v) is 16.3. The summed E-state index contributed by atoms with van der Waals surface area (Å²) in [5.41, 5.74) is 4.09. The second-order valence-electron chi connectivity index (χ2n) is 6.38. The quantitative estimate of drug-likeness (QED) is 0.787. The van der Waals surface area contributed by atoms with Crippen LogP contribution in [-0.2, 0) is 18.3 Å². The Labute approximate surface area is 155 Å². The van der Waals surface area contributed by atoms with Gasteiger partial charge in [0.15, 0.2) is 0 Å². The molecular formula is C19H29N5O2. The molecule has 142 valence electrons. The third-order valence-corrected chi connectivity index (χ3v) is 4.65. The largest absolute Gasteiger partial charge is 0.383 e. The van der Waals surface area contributed by atoms with E-state index in [4.69, 9.17) is 4.74 Å². The van der Waals surface area contributed by atoms with Gasteiger partial charge < -0.3 is 15.0 Å². The molecule has 0 radical (unpaired) electrons. The van der Waals surface area contributed by atoms with Crippen molar-refractivity contribution in [2.45, 2.75) is 39.8 Å². The van der Waals surface area contributed by atoms with Crippen LogP contribution < -0.4 is 5.32 Å². The number of pyridine rings is 1. The zero-order valence-electron chi connectivity index (χ0n) is 16.3. The van der Waals surface area contributed by atoms with Gasteiger partial charge in [0.1, 0.15) is 0 Å². The number of carbonyl (C=O) groups is 1. The number of aryl methyl sites for hydroxylation is 2. The molecule has 0 fully saturated rings. The van der Waals surface area contributed by atoms with Crippen molar-refractivity contribution in [2.24, 2.45) is 7.05 Å². The Morgan fingerprint density at radius 3 is 2.73 bits per heavy atom. The maximum atomic E-state index is 12.9. The summed E-state index contributed by atoms with van der Waals surface area (Å²) in [6.45, 7) is 7.54. The summed E-state index contributed by atoms with van der Waals surface area (Å²) < 4.78 is 7.04.